The molecule has 0 spiro atoms. The summed E-state index contributed by atoms with van der Waals surface area (Å²) >= 11 is 0. The first kappa shape index (κ1) is 12.7. The first-order chi connectivity index (χ1) is 8.32. The Labute approximate surface area is 107 Å². The fourth-order valence-corrected chi connectivity index (χ4v) is 2.29. The molecule has 0 bridgehead atoms. The number of nitrogens with one attached hydrogen (secondary N) is 1. The zero-order chi connectivity index (χ0) is 13.5. The fourth-order valence-electron chi connectivity index (χ4n) is 2.29. The van der Waals surface area contributed by atoms with Gasteiger partial charge in [0.2, 0.25) is 0 Å². The maximum atomic E-state index is 12.3. The molecule has 2 rings (SSSR count). The smallest absolute Gasteiger partial charge is 0.270 e. The van der Waals surface area contributed by atoms with Crippen LogP contribution in [0.15, 0.2) is 29.1 Å². The van der Waals surface area contributed by atoms with Crippen LogP contribution in [0.4, 0.5) is 0 Å². The van der Waals surface area contributed by atoms with E-state index in [1.807, 2.05) is 12.1 Å². The van der Waals surface area contributed by atoms with Crippen LogP contribution in [0.1, 0.15) is 31.9 Å². The molecule has 0 aliphatic rings. The highest BCUT2D eigenvalue weighted by Crippen LogP contribution is 2.30. The van der Waals surface area contributed by atoms with E-state index in [-0.39, 0.29) is 11.0 Å². The number of hydrogen-bond donors (Lipinski definition) is 1. The Bertz CT molecular complexity index is 627. The molecular weight excluding hydrogens is 224 g/mol. The van der Waals surface area contributed by atoms with Crippen molar-refractivity contribution in [2.75, 3.05) is 0 Å². The van der Waals surface area contributed by atoms with E-state index in [1.54, 1.807) is 11.7 Å². The molecule has 1 aromatic carbocycles. The number of aromatic amines is 1. The lowest BCUT2D eigenvalue weighted by atomic mass is 9.85. The van der Waals surface area contributed by atoms with Crippen molar-refractivity contribution in [1.82, 2.24) is 9.78 Å². The topological polar surface area (TPSA) is 37.8 Å². The summed E-state index contributed by atoms with van der Waals surface area (Å²) in [6, 6.07) is 8.12. The number of aromatic nitrogens is 2. The molecule has 0 amide bonds. The van der Waals surface area contributed by atoms with Crippen LogP contribution in [-0.2, 0) is 12.5 Å². The first-order valence-corrected chi connectivity index (χ1v) is 6.18. The summed E-state index contributed by atoms with van der Waals surface area (Å²) in [7, 11) is 1.76. The van der Waals surface area contributed by atoms with Crippen LogP contribution >= 0.6 is 0 Å². The van der Waals surface area contributed by atoms with E-state index < -0.39 is 0 Å². The summed E-state index contributed by atoms with van der Waals surface area (Å²) in [6.45, 7) is 8.27. The first-order valence-electron chi connectivity index (χ1n) is 6.18. The second-order valence-corrected chi connectivity index (χ2v) is 5.79. The van der Waals surface area contributed by atoms with E-state index in [0.29, 0.717) is 0 Å². The Morgan fingerprint density at radius 3 is 2.33 bits per heavy atom. The minimum absolute atomic E-state index is 0.0563. The van der Waals surface area contributed by atoms with Gasteiger partial charge in [-0.05, 0) is 17.9 Å². The predicted molar refractivity (Wildman–Crippen MR) is 74.9 cm³/mol. The molecular formula is C15H20N2O. The van der Waals surface area contributed by atoms with Gasteiger partial charge < -0.3 is 0 Å². The molecule has 1 heterocycles. The number of nitrogens with zero attached hydrogens (tertiary/aromatic N) is 1. The summed E-state index contributed by atoms with van der Waals surface area (Å²) in [6.07, 6.45) is 0. The fraction of sp³-hybridized carbons (Fsp3) is 0.400. The largest absolute Gasteiger partial charge is 0.295 e. The minimum atomic E-state index is -0.174. The Hall–Kier alpha value is -1.77. The third-order valence-electron chi connectivity index (χ3n) is 3.21. The van der Waals surface area contributed by atoms with Gasteiger partial charge in [0.05, 0.1) is 5.69 Å². The lowest BCUT2D eigenvalue weighted by molar-refractivity contribution is 0.583. The van der Waals surface area contributed by atoms with Crippen LogP contribution in [0.3, 0.4) is 0 Å². The van der Waals surface area contributed by atoms with Gasteiger partial charge in [-0.1, -0.05) is 45.0 Å². The molecule has 0 saturated heterocycles. The molecule has 3 nitrogen and oxygen atoms in total. The average molecular weight is 244 g/mol. The molecule has 96 valence electrons. The van der Waals surface area contributed by atoms with Gasteiger partial charge in [-0.15, -0.1) is 0 Å². The summed E-state index contributed by atoms with van der Waals surface area (Å²) in [4.78, 5) is 12.3. The summed E-state index contributed by atoms with van der Waals surface area (Å²) < 4.78 is 1.56. The van der Waals surface area contributed by atoms with E-state index in [9.17, 15) is 4.79 Å². The van der Waals surface area contributed by atoms with Crippen LogP contribution in [-0.4, -0.2) is 9.78 Å². The van der Waals surface area contributed by atoms with Gasteiger partial charge in [-0.25, -0.2) is 0 Å². The average Bonchev–Trinajstić information content (AvgIpc) is 2.55. The van der Waals surface area contributed by atoms with Crippen molar-refractivity contribution in [3.63, 3.8) is 0 Å². The molecule has 0 atom stereocenters. The van der Waals surface area contributed by atoms with Gasteiger partial charge in [-0.2, -0.15) is 0 Å². The molecule has 1 N–H and O–H groups in total. The van der Waals surface area contributed by atoms with Crippen molar-refractivity contribution in [2.24, 2.45) is 7.05 Å². The highest BCUT2D eigenvalue weighted by Gasteiger charge is 2.26. The molecule has 0 aliphatic heterocycles. The molecule has 1 aromatic heterocycles. The van der Waals surface area contributed by atoms with Gasteiger partial charge >= 0.3 is 0 Å². The number of aryl methyl sites for hydroxylation is 2. The number of H-pyrrole nitrogens is 1. The highest BCUT2D eigenvalue weighted by molar-refractivity contribution is 5.67. The zero-order valence-electron chi connectivity index (χ0n) is 11.7. The monoisotopic (exact) mass is 244 g/mol. The minimum Gasteiger partial charge on any atom is -0.295 e. The Morgan fingerprint density at radius 1 is 1.17 bits per heavy atom. The molecule has 2 aromatic rings. The van der Waals surface area contributed by atoms with Crippen LogP contribution in [0.25, 0.3) is 11.3 Å². The SMILES string of the molecule is Cc1ccccc1-c1[nH]n(C)c(=O)c1C(C)(C)C. The maximum Gasteiger partial charge on any atom is 0.270 e. The molecule has 0 aliphatic carbocycles. The Kier molecular flexibility index (Phi) is 2.93. The predicted octanol–water partition coefficient (Wildman–Crippen LogP) is 2.99. The van der Waals surface area contributed by atoms with Crippen molar-refractivity contribution in [3.8, 4) is 11.3 Å². The molecule has 0 unspecified atom stereocenters. The van der Waals surface area contributed by atoms with Gasteiger partial charge in [0.25, 0.3) is 5.56 Å². The molecule has 0 fully saturated rings. The quantitative estimate of drug-likeness (QED) is 0.822. The van der Waals surface area contributed by atoms with Gasteiger partial charge in [0.15, 0.2) is 0 Å². The van der Waals surface area contributed by atoms with Crippen LogP contribution < -0.4 is 5.56 Å². The summed E-state index contributed by atoms with van der Waals surface area (Å²) in [5.74, 6) is 0. The van der Waals surface area contributed by atoms with Gasteiger partial charge in [0, 0.05) is 18.2 Å². The van der Waals surface area contributed by atoms with Crippen LogP contribution in [0, 0.1) is 6.92 Å². The van der Waals surface area contributed by atoms with Crippen molar-refractivity contribution in [3.05, 3.63) is 45.7 Å². The summed E-state index contributed by atoms with van der Waals surface area (Å²) in [5, 5.41) is 3.18. The molecule has 18 heavy (non-hydrogen) atoms. The summed E-state index contributed by atoms with van der Waals surface area (Å²) in [5.41, 5.74) is 3.94. The Morgan fingerprint density at radius 2 is 1.78 bits per heavy atom. The van der Waals surface area contributed by atoms with Crippen LogP contribution in [0.2, 0.25) is 0 Å². The van der Waals surface area contributed by atoms with E-state index in [0.717, 1.165) is 16.8 Å². The van der Waals surface area contributed by atoms with E-state index in [1.165, 1.54) is 5.56 Å². The van der Waals surface area contributed by atoms with Crippen LogP contribution in [0.5, 0.6) is 0 Å². The molecule has 0 saturated carbocycles. The van der Waals surface area contributed by atoms with Crippen molar-refractivity contribution < 1.29 is 0 Å². The van der Waals surface area contributed by atoms with E-state index in [4.69, 9.17) is 0 Å². The second-order valence-electron chi connectivity index (χ2n) is 5.79. The molecule has 0 radical (unpaired) electrons. The number of benzene rings is 1. The normalized spacial score (nSPS) is 11.8. The zero-order valence-corrected chi connectivity index (χ0v) is 11.7. The van der Waals surface area contributed by atoms with E-state index in [2.05, 4.69) is 44.9 Å². The van der Waals surface area contributed by atoms with Crippen molar-refractivity contribution in [2.45, 2.75) is 33.1 Å². The third-order valence-corrected chi connectivity index (χ3v) is 3.21. The van der Waals surface area contributed by atoms with Gasteiger partial charge in [-0.3, -0.25) is 14.6 Å². The van der Waals surface area contributed by atoms with Crippen molar-refractivity contribution in [1.29, 1.82) is 0 Å². The maximum absolute atomic E-state index is 12.3. The highest BCUT2D eigenvalue weighted by atomic mass is 16.1. The van der Waals surface area contributed by atoms with E-state index >= 15 is 0 Å². The Balaban J connectivity index is 2.78. The lowest BCUT2D eigenvalue weighted by Crippen LogP contribution is -2.24. The number of rotatable bonds is 1. The second kappa shape index (κ2) is 4.16. The lowest BCUT2D eigenvalue weighted by Gasteiger charge is -2.18. The third kappa shape index (κ3) is 2.01. The number of hydrogen-bond acceptors (Lipinski definition) is 1. The van der Waals surface area contributed by atoms with Gasteiger partial charge in [0.1, 0.15) is 0 Å². The molecule has 3 heteroatoms. The van der Waals surface area contributed by atoms with Crippen molar-refractivity contribution >= 4 is 0 Å². The standard InChI is InChI=1S/C15H20N2O/c1-10-8-6-7-9-11(10)13-12(15(2,3)4)14(18)17(5)16-13/h6-9,16H,1-5H3.